The summed E-state index contributed by atoms with van der Waals surface area (Å²) in [6.07, 6.45) is 0. The lowest BCUT2D eigenvalue weighted by atomic mass is 9.94. The average molecular weight is 410 g/mol. The Labute approximate surface area is 178 Å². The van der Waals surface area contributed by atoms with Gasteiger partial charge < -0.3 is 4.57 Å². The van der Waals surface area contributed by atoms with E-state index >= 15 is 0 Å². The summed E-state index contributed by atoms with van der Waals surface area (Å²) in [4.78, 5) is 0. The average Bonchev–Trinajstić information content (AvgIpc) is 3.27. The van der Waals surface area contributed by atoms with E-state index in [-0.39, 0.29) is 47.8 Å². The second-order valence-corrected chi connectivity index (χ2v) is 6.49. The summed E-state index contributed by atoms with van der Waals surface area (Å²) in [5, 5.41) is -0.0721. The zero-order chi connectivity index (χ0) is 29.4. The van der Waals surface area contributed by atoms with Crippen molar-refractivity contribution in [3.8, 4) is 5.69 Å². The second kappa shape index (κ2) is 5.09. The molecule has 0 atom stereocenters. The first-order valence-electron chi connectivity index (χ1n) is 14.6. The molecule has 1 aromatic heterocycles. The number of nitrogens with zero attached hydrogens (tertiary/aromatic N) is 1. The predicted molar refractivity (Wildman–Crippen MR) is 115 cm³/mol. The van der Waals surface area contributed by atoms with Crippen LogP contribution in [0, 0.1) is 0 Å². The van der Waals surface area contributed by atoms with E-state index in [2.05, 4.69) is 15.9 Å². The van der Waals surface area contributed by atoms with E-state index in [0.717, 1.165) is 4.57 Å². The van der Waals surface area contributed by atoms with Gasteiger partial charge in [-0.3, -0.25) is 0 Å². The van der Waals surface area contributed by atoms with Crippen molar-refractivity contribution in [3.05, 3.63) is 89.1 Å². The quantitative estimate of drug-likeness (QED) is 0.251. The van der Waals surface area contributed by atoms with Crippen molar-refractivity contribution in [1.82, 2.24) is 4.57 Å². The van der Waals surface area contributed by atoms with Crippen molar-refractivity contribution >= 4 is 59.3 Å². The molecule has 2 heteroatoms. The first kappa shape index (κ1) is 6.40. The van der Waals surface area contributed by atoms with Crippen LogP contribution in [0.15, 0.2) is 89.1 Å². The van der Waals surface area contributed by atoms with Gasteiger partial charge in [-0.15, -0.1) is 0 Å². The van der Waals surface area contributed by atoms with Crippen LogP contribution >= 0.6 is 15.9 Å². The molecule has 6 rings (SSSR count). The molecule has 0 aliphatic rings. The van der Waals surface area contributed by atoms with Crippen molar-refractivity contribution in [2.75, 3.05) is 0 Å². The molecule has 0 saturated heterocycles. The van der Waals surface area contributed by atoms with Gasteiger partial charge in [-0.25, -0.2) is 0 Å². The minimum Gasteiger partial charge on any atom is -0.309 e. The van der Waals surface area contributed by atoms with Crippen LogP contribution in [0.2, 0.25) is 0 Å². The Morgan fingerprint density at radius 1 is 0.577 bits per heavy atom. The molecule has 0 unspecified atom stereocenters. The van der Waals surface area contributed by atoms with Gasteiger partial charge in [-0.1, -0.05) is 70.3 Å². The Balaban J connectivity index is 2.15. The van der Waals surface area contributed by atoms with Crippen LogP contribution in [0.4, 0.5) is 0 Å². The first-order valence-corrected chi connectivity index (χ1v) is 8.40. The monoisotopic (exact) mass is 409 g/mol. The molecule has 0 fully saturated rings. The summed E-state index contributed by atoms with van der Waals surface area (Å²) in [5.74, 6) is 0. The Kier molecular flexibility index (Phi) is 1.25. The molecular weight excluding hydrogens is 382 g/mol. The van der Waals surface area contributed by atoms with E-state index in [1.165, 1.54) is 0 Å². The zero-order valence-electron chi connectivity index (χ0n) is 26.8. The van der Waals surface area contributed by atoms with Crippen LogP contribution in [0.3, 0.4) is 0 Å². The van der Waals surface area contributed by atoms with Gasteiger partial charge in [0.1, 0.15) is 0 Å². The molecule has 6 aromatic rings. The molecule has 122 valence electrons. The molecule has 1 nitrogen and oxygen atoms in total. The Morgan fingerprint density at radius 3 is 2.08 bits per heavy atom. The van der Waals surface area contributed by atoms with E-state index in [1.54, 1.807) is 0 Å². The highest BCUT2D eigenvalue weighted by molar-refractivity contribution is 9.10. The molecule has 26 heavy (non-hydrogen) atoms. The molecule has 0 N–H and O–H groups in total. The van der Waals surface area contributed by atoms with Crippen molar-refractivity contribution in [1.29, 1.82) is 0 Å². The van der Waals surface area contributed by atoms with Crippen molar-refractivity contribution < 1.29 is 19.2 Å². The number of para-hydroxylation sites is 1. The van der Waals surface area contributed by atoms with Gasteiger partial charge in [-0.05, 0) is 46.4 Å². The number of rotatable bonds is 1. The van der Waals surface area contributed by atoms with E-state index in [9.17, 15) is 0 Å². The van der Waals surface area contributed by atoms with Crippen molar-refractivity contribution in [2.24, 2.45) is 0 Å². The summed E-state index contributed by atoms with van der Waals surface area (Å²) in [6, 6.07) is -8.09. The predicted octanol–water partition coefficient (Wildman–Crippen LogP) is 7.29. The lowest BCUT2D eigenvalue weighted by molar-refractivity contribution is 1.18. The third-order valence-corrected chi connectivity index (χ3v) is 5.04. The van der Waals surface area contributed by atoms with Gasteiger partial charge in [0, 0.05) is 26.3 Å². The molecule has 0 radical (unpaired) electrons. The van der Waals surface area contributed by atoms with Crippen LogP contribution in [0.5, 0.6) is 0 Å². The third-order valence-electron chi connectivity index (χ3n) is 4.45. The number of hydrogen-bond acceptors (Lipinski definition) is 0. The SMILES string of the molecule is [2H]c1c([2H])c([2H])c(-n2c3c([2H])c([2H])c([2H])c4c5c([2H])c([2H])c([2H])c([2H])c5c5c(Br)c([2H])c([2H])c2c5c43)c([2H])c1[2H]. The fraction of sp³-hybridized carbons (Fsp3) is 0. The molecule has 1 heterocycles. The maximum Gasteiger partial charge on any atom is 0.0646 e. The maximum absolute atomic E-state index is 8.87. The fourth-order valence-corrected chi connectivity index (χ4v) is 3.98. The molecule has 0 spiro atoms. The Bertz CT molecular complexity index is 2020. The minimum absolute atomic E-state index is 0.00931. The normalized spacial score (nSPS) is 19.6. The summed E-state index contributed by atoms with van der Waals surface area (Å²) in [6.45, 7) is 0. The number of fused-ring (bicyclic) bond motifs is 3. The standard InChI is InChI=1S/C24H14BrN/c25-19-13-14-21-24-22(19)17-10-5-4-9-16(17)18-11-6-12-20(23(18)24)26(21)15-7-2-1-3-8-15/h1-14H/i1D,2D,3D,4D,5D,6D,7D,8D,9D,10D,11D,12D,13D,14D. The van der Waals surface area contributed by atoms with Crippen LogP contribution < -0.4 is 0 Å². The molecule has 0 amide bonds. The first-order chi connectivity index (χ1) is 18.7. The van der Waals surface area contributed by atoms with Gasteiger partial charge in [-0.2, -0.15) is 0 Å². The van der Waals surface area contributed by atoms with Gasteiger partial charge in [0.05, 0.1) is 30.2 Å². The topological polar surface area (TPSA) is 4.93 Å². The van der Waals surface area contributed by atoms with E-state index in [4.69, 9.17) is 19.2 Å². The van der Waals surface area contributed by atoms with E-state index < -0.39 is 90.3 Å². The number of halogens is 1. The molecule has 0 bridgehead atoms. The van der Waals surface area contributed by atoms with Crippen LogP contribution in [-0.4, -0.2) is 4.57 Å². The molecular formula is C24H14BrN. The lowest BCUT2D eigenvalue weighted by Gasteiger charge is -2.09. The second-order valence-electron chi connectivity index (χ2n) is 5.70. The van der Waals surface area contributed by atoms with Crippen LogP contribution in [-0.2, 0) is 0 Å². The maximum atomic E-state index is 8.87. The molecule has 0 aliphatic carbocycles. The van der Waals surface area contributed by atoms with Gasteiger partial charge in [0.15, 0.2) is 0 Å². The smallest absolute Gasteiger partial charge is 0.0646 e. The minimum atomic E-state index is -0.686. The highest BCUT2D eigenvalue weighted by Crippen LogP contribution is 2.45. The van der Waals surface area contributed by atoms with Crippen molar-refractivity contribution in [3.63, 3.8) is 0 Å². The number of aromatic nitrogens is 1. The van der Waals surface area contributed by atoms with Gasteiger partial charge in [0.25, 0.3) is 0 Å². The molecule has 0 saturated carbocycles. The Hall–Kier alpha value is -2.84. The van der Waals surface area contributed by atoms with Crippen molar-refractivity contribution in [2.45, 2.75) is 0 Å². The van der Waals surface area contributed by atoms with Gasteiger partial charge >= 0.3 is 0 Å². The molecule has 5 aromatic carbocycles. The summed E-state index contributed by atoms with van der Waals surface area (Å²) < 4.78 is 120. The highest BCUT2D eigenvalue weighted by atomic mass is 79.9. The molecule has 0 aliphatic heterocycles. The summed E-state index contributed by atoms with van der Waals surface area (Å²) >= 11 is 3.32. The fourth-order valence-electron chi connectivity index (χ4n) is 3.49. The van der Waals surface area contributed by atoms with Gasteiger partial charge in [0.2, 0.25) is 0 Å². The lowest BCUT2D eigenvalue weighted by Crippen LogP contribution is -1.92. The highest BCUT2D eigenvalue weighted by Gasteiger charge is 2.20. The number of hydrogen-bond donors (Lipinski definition) is 0. The zero-order valence-corrected chi connectivity index (χ0v) is 14.4. The van der Waals surface area contributed by atoms with E-state index in [1.807, 2.05) is 0 Å². The van der Waals surface area contributed by atoms with Crippen LogP contribution in [0.1, 0.15) is 19.2 Å². The summed E-state index contributed by atoms with van der Waals surface area (Å²) in [7, 11) is 0. The summed E-state index contributed by atoms with van der Waals surface area (Å²) in [5.41, 5.74) is -0.779. The number of benzene rings is 5. The Morgan fingerprint density at radius 2 is 1.23 bits per heavy atom. The largest absolute Gasteiger partial charge is 0.309 e. The third kappa shape index (κ3) is 1.70. The van der Waals surface area contributed by atoms with Crippen LogP contribution in [0.25, 0.3) is 49.0 Å². The van der Waals surface area contributed by atoms with E-state index in [0.29, 0.717) is 0 Å².